The third-order valence-corrected chi connectivity index (χ3v) is 5.57. The Morgan fingerprint density at radius 3 is 2.37 bits per heavy atom. The van der Waals surface area contributed by atoms with E-state index in [1.165, 1.54) is 6.07 Å². The summed E-state index contributed by atoms with van der Waals surface area (Å²) < 4.78 is 0.670. The zero-order chi connectivity index (χ0) is 19.3. The van der Waals surface area contributed by atoms with Gasteiger partial charge in [0.1, 0.15) is 11.8 Å². The minimum atomic E-state index is -1.22. The van der Waals surface area contributed by atoms with Crippen LogP contribution >= 0.6 is 15.9 Å². The largest absolute Gasteiger partial charge is 0.508 e. The van der Waals surface area contributed by atoms with Crippen LogP contribution in [0.5, 0.6) is 5.75 Å². The van der Waals surface area contributed by atoms with Crippen LogP contribution in [0.3, 0.4) is 0 Å². The monoisotopic (exact) mass is 430 g/mol. The molecule has 0 aliphatic carbocycles. The van der Waals surface area contributed by atoms with E-state index in [0.29, 0.717) is 15.7 Å². The average Bonchev–Trinajstić information content (AvgIpc) is 3.15. The molecular weight excluding hydrogens is 416 g/mol. The molecule has 4 atom stereocenters. The highest BCUT2D eigenvalue weighted by Gasteiger charge is 2.61. The first kappa shape index (κ1) is 17.7. The van der Waals surface area contributed by atoms with Crippen LogP contribution in [0.2, 0.25) is 0 Å². The highest BCUT2D eigenvalue weighted by molar-refractivity contribution is 9.10. The average molecular weight is 431 g/mol. The molecule has 2 saturated heterocycles. The number of benzene rings is 2. The third-order valence-electron chi connectivity index (χ3n) is 5.08. The van der Waals surface area contributed by atoms with Crippen LogP contribution in [0.1, 0.15) is 11.6 Å². The summed E-state index contributed by atoms with van der Waals surface area (Å²) in [6.07, 6.45) is 0. The number of carboxylic acid groups (broad SMARTS) is 1. The summed E-state index contributed by atoms with van der Waals surface area (Å²) in [6, 6.07) is 11.1. The van der Waals surface area contributed by atoms with Crippen molar-refractivity contribution in [3.8, 4) is 5.75 Å². The van der Waals surface area contributed by atoms with E-state index in [2.05, 4.69) is 21.2 Å². The van der Waals surface area contributed by atoms with Crippen molar-refractivity contribution in [1.82, 2.24) is 5.32 Å². The smallest absolute Gasteiger partial charge is 0.321 e. The van der Waals surface area contributed by atoms with Crippen molar-refractivity contribution in [3.63, 3.8) is 0 Å². The first-order valence-corrected chi connectivity index (χ1v) is 9.09. The van der Waals surface area contributed by atoms with Gasteiger partial charge in [0.2, 0.25) is 11.8 Å². The molecule has 2 heterocycles. The van der Waals surface area contributed by atoms with E-state index < -0.39 is 41.7 Å². The topological polar surface area (TPSA) is 107 Å². The summed E-state index contributed by atoms with van der Waals surface area (Å²) in [5, 5.41) is 22.7. The molecule has 0 radical (unpaired) electrons. The van der Waals surface area contributed by atoms with Gasteiger partial charge in [0.15, 0.2) is 0 Å². The third kappa shape index (κ3) is 2.72. The first-order chi connectivity index (χ1) is 12.9. The lowest BCUT2D eigenvalue weighted by atomic mass is 9.86. The number of aliphatic carboxylic acids is 1. The normalized spacial score (nSPS) is 27.1. The number of halogens is 1. The molecule has 2 aliphatic heterocycles. The lowest BCUT2D eigenvalue weighted by molar-refractivity contribution is -0.142. The number of rotatable bonds is 3. The molecule has 0 unspecified atom stereocenters. The highest BCUT2D eigenvalue weighted by Crippen LogP contribution is 2.47. The molecule has 138 valence electrons. The second-order valence-electron chi connectivity index (χ2n) is 6.56. The number of imide groups is 1. The molecule has 2 amide bonds. The van der Waals surface area contributed by atoms with Crippen molar-refractivity contribution in [2.75, 3.05) is 4.90 Å². The fourth-order valence-electron chi connectivity index (χ4n) is 3.93. The van der Waals surface area contributed by atoms with Gasteiger partial charge < -0.3 is 10.2 Å². The number of carboxylic acids is 1. The number of fused-ring (bicyclic) bond motifs is 1. The van der Waals surface area contributed by atoms with E-state index in [1.807, 2.05) is 0 Å². The molecule has 0 bridgehead atoms. The highest BCUT2D eigenvalue weighted by atomic mass is 79.9. The Labute approximate surface area is 162 Å². The van der Waals surface area contributed by atoms with Crippen molar-refractivity contribution in [1.29, 1.82) is 0 Å². The summed E-state index contributed by atoms with van der Waals surface area (Å²) in [5.74, 6) is -4.26. The maximum absolute atomic E-state index is 13.1. The maximum Gasteiger partial charge on any atom is 0.321 e. The predicted octanol–water partition coefficient (Wildman–Crippen LogP) is 2.06. The quantitative estimate of drug-likeness (QED) is 0.643. The second kappa shape index (κ2) is 6.47. The van der Waals surface area contributed by atoms with Gasteiger partial charge in [-0.15, -0.1) is 0 Å². The van der Waals surface area contributed by atoms with Crippen LogP contribution in [-0.4, -0.2) is 34.0 Å². The number of nitrogens with zero attached hydrogens (tertiary/aromatic N) is 1. The van der Waals surface area contributed by atoms with Crippen molar-refractivity contribution >= 4 is 39.4 Å². The molecule has 27 heavy (non-hydrogen) atoms. The van der Waals surface area contributed by atoms with E-state index in [0.717, 1.165) is 4.90 Å². The molecule has 3 N–H and O–H groups in total. The van der Waals surface area contributed by atoms with E-state index in [-0.39, 0.29) is 5.75 Å². The fourth-order valence-corrected chi connectivity index (χ4v) is 4.31. The summed E-state index contributed by atoms with van der Waals surface area (Å²) in [4.78, 5) is 38.9. The Hall–Kier alpha value is -2.71. The Morgan fingerprint density at radius 2 is 1.70 bits per heavy atom. The molecule has 7 nitrogen and oxygen atoms in total. The van der Waals surface area contributed by atoms with E-state index in [9.17, 15) is 24.6 Å². The molecule has 2 aliphatic rings. The van der Waals surface area contributed by atoms with Crippen molar-refractivity contribution in [3.05, 3.63) is 58.6 Å². The maximum atomic E-state index is 13.1. The van der Waals surface area contributed by atoms with Gasteiger partial charge >= 0.3 is 5.97 Å². The van der Waals surface area contributed by atoms with Crippen molar-refractivity contribution in [2.24, 2.45) is 11.8 Å². The van der Waals surface area contributed by atoms with E-state index >= 15 is 0 Å². The zero-order valence-electron chi connectivity index (χ0n) is 13.9. The van der Waals surface area contributed by atoms with Gasteiger partial charge in [0.25, 0.3) is 0 Å². The number of carbonyl (C=O) groups excluding carboxylic acids is 2. The molecule has 2 fully saturated rings. The number of amides is 2. The van der Waals surface area contributed by atoms with Gasteiger partial charge in [-0.1, -0.05) is 34.1 Å². The number of hydrogen-bond donors (Lipinski definition) is 3. The van der Waals surface area contributed by atoms with E-state index in [4.69, 9.17) is 0 Å². The molecule has 0 aromatic heterocycles. The van der Waals surface area contributed by atoms with Crippen molar-refractivity contribution in [2.45, 2.75) is 12.1 Å². The number of anilines is 1. The number of nitrogens with one attached hydrogen (secondary N) is 1. The molecule has 0 saturated carbocycles. The summed E-state index contributed by atoms with van der Waals surface area (Å²) in [6.45, 7) is 0. The minimum Gasteiger partial charge on any atom is -0.508 e. The van der Waals surface area contributed by atoms with Crippen LogP contribution in [0.25, 0.3) is 0 Å². The summed E-state index contributed by atoms with van der Waals surface area (Å²) in [7, 11) is 0. The van der Waals surface area contributed by atoms with Crippen molar-refractivity contribution < 1.29 is 24.6 Å². The SMILES string of the molecule is O=C(O)[C@@H]1N[C@H](c2cc(Br)ccc2O)[C@@H]2C(=O)N(c3ccccc3)C(=O)[C@H]21. The number of hydrogen-bond acceptors (Lipinski definition) is 5. The Bertz CT molecular complexity index is 948. The van der Waals surface area contributed by atoms with Gasteiger partial charge in [-0.3, -0.25) is 19.7 Å². The molecule has 2 aromatic carbocycles. The predicted molar refractivity (Wildman–Crippen MR) is 99.0 cm³/mol. The molecule has 8 heteroatoms. The van der Waals surface area contributed by atoms with Gasteiger partial charge in [-0.05, 0) is 30.3 Å². The van der Waals surface area contributed by atoms with Crippen LogP contribution in [0.4, 0.5) is 5.69 Å². The number of phenolic OH excluding ortho intramolecular Hbond substituents is 1. The molecular formula is C19H15BrN2O5. The van der Waals surface area contributed by atoms with Gasteiger partial charge in [0, 0.05) is 16.1 Å². The van der Waals surface area contributed by atoms with Crippen LogP contribution in [0.15, 0.2) is 53.0 Å². The first-order valence-electron chi connectivity index (χ1n) is 8.30. The number of aromatic hydroxyl groups is 1. The number of phenols is 1. The molecule has 2 aromatic rings. The van der Waals surface area contributed by atoms with Crippen LogP contribution in [0, 0.1) is 11.8 Å². The lowest BCUT2D eigenvalue weighted by Gasteiger charge is -2.22. The number of carbonyl (C=O) groups is 3. The molecule has 0 spiro atoms. The zero-order valence-corrected chi connectivity index (χ0v) is 15.5. The summed E-state index contributed by atoms with van der Waals surface area (Å²) >= 11 is 3.32. The Morgan fingerprint density at radius 1 is 1.04 bits per heavy atom. The number of para-hydroxylation sites is 1. The lowest BCUT2D eigenvalue weighted by Crippen LogP contribution is -2.43. The Balaban J connectivity index is 1.81. The standard InChI is InChI=1S/C19H15BrN2O5/c20-9-6-7-12(23)11(8-9)15-13-14(16(21-15)19(26)27)18(25)22(17(13)24)10-4-2-1-3-5-10/h1-8,13-16,21,23H,(H,26,27)/t13-,14-,15-,16-/m1/s1. The van der Waals surface area contributed by atoms with Gasteiger partial charge in [-0.25, -0.2) is 4.90 Å². The summed E-state index contributed by atoms with van der Waals surface area (Å²) in [5.41, 5.74) is 0.780. The van der Waals surface area contributed by atoms with Gasteiger partial charge in [0.05, 0.1) is 17.5 Å². The van der Waals surface area contributed by atoms with Crippen LogP contribution < -0.4 is 10.2 Å². The minimum absolute atomic E-state index is 0.0705. The molecule has 4 rings (SSSR count). The second-order valence-corrected chi connectivity index (χ2v) is 7.48. The van der Waals surface area contributed by atoms with Crippen LogP contribution in [-0.2, 0) is 14.4 Å². The Kier molecular flexibility index (Phi) is 4.24. The fraction of sp³-hybridized carbons (Fsp3) is 0.211. The van der Waals surface area contributed by atoms with E-state index in [1.54, 1.807) is 42.5 Å². The van der Waals surface area contributed by atoms with Gasteiger partial charge in [-0.2, -0.15) is 0 Å².